The van der Waals surface area contributed by atoms with Gasteiger partial charge in [-0.05, 0) is 19.1 Å². The molecule has 1 aliphatic rings. The molecule has 0 saturated carbocycles. The molecule has 0 spiro atoms. The van der Waals surface area contributed by atoms with Crippen molar-refractivity contribution < 1.29 is 13.9 Å². The number of piperazine rings is 1. The van der Waals surface area contributed by atoms with Crippen molar-refractivity contribution >= 4 is 11.6 Å². The van der Waals surface area contributed by atoms with Crippen molar-refractivity contribution in [2.75, 3.05) is 38.2 Å². The first-order chi connectivity index (χ1) is 10.0. The van der Waals surface area contributed by atoms with E-state index in [-0.39, 0.29) is 17.8 Å². The quantitative estimate of drug-likeness (QED) is 0.907. The van der Waals surface area contributed by atoms with Crippen LogP contribution in [0.5, 0.6) is 5.75 Å². The summed E-state index contributed by atoms with van der Waals surface area (Å²) in [6.45, 7) is 4.52. The maximum Gasteiger partial charge on any atom is 0.224 e. The second-order valence-electron chi connectivity index (χ2n) is 5.37. The number of benzene rings is 1. The van der Waals surface area contributed by atoms with Gasteiger partial charge >= 0.3 is 0 Å². The van der Waals surface area contributed by atoms with Crippen LogP contribution < -0.4 is 15.4 Å². The van der Waals surface area contributed by atoms with Crippen LogP contribution in [0.15, 0.2) is 18.2 Å². The fourth-order valence-corrected chi connectivity index (χ4v) is 2.51. The largest absolute Gasteiger partial charge is 0.494 e. The summed E-state index contributed by atoms with van der Waals surface area (Å²) in [4.78, 5) is 15.9. The number of halogens is 1. The molecule has 6 heteroatoms. The number of ether oxygens (including phenoxy) is 1. The molecule has 21 heavy (non-hydrogen) atoms. The standard InChI is InChI=1S/C15H22FN3O2/c1-11(17)9-15(20)19-7-5-18(6-8-19)13-4-3-12(16)10-14(13)21-2/h3-4,10-11H,5-9,17H2,1-2H3. The van der Waals surface area contributed by atoms with Gasteiger partial charge in [0.15, 0.2) is 0 Å². The van der Waals surface area contributed by atoms with Crippen molar-refractivity contribution in [3.8, 4) is 5.75 Å². The number of rotatable bonds is 4. The van der Waals surface area contributed by atoms with Crippen LogP contribution in [0.25, 0.3) is 0 Å². The topological polar surface area (TPSA) is 58.8 Å². The van der Waals surface area contributed by atoms with E-state index in [0.717, 1.165) is 5.69 Å². The molecule has 0 aliphatic carbocycles. The zero-order valence-electron chi connectivity index (χ0n) is 12.5. The number of amides is 1. The van der Waals surface area contributed by atoms with E-state index < -0.39 is 0 Å². The molecular formula is C15H22FN3O2. The SMILES string of the molecule is COc1cc(F)ccc1N1CCN(C(=O)CC(C)N)CC1. The highest BCUT2D eigenvalue weighted by molar-refractivity contribution is 5.77. The molecule has 1 fully saturated rings. The van der Waals surface area contributed by atoms with Crippen LogP contribution in [-0.2, 0) is 4.79 Å². The summed E-state index contributed by atoms with van der Waals surface area (Å²) in [5, 5.41) is 0. The predicted octanol–water partition coefficient (Wildman–Crippen LogP) is 1.22. The Balaban J connectivity index is 1.99. The Morgan fingerprint density at radius 2 is 2.05 bits per heavy atom. The van der Waals surface area contributed by atoms with Gasteiger partial charge in [0.2, 0.25) is 5.91 Å². The summed E-state index contributed by atoms with van der Waals surface area (Å²) in [5.74, 6) is 0.294. The highest BCUT2D eigenvalue weighted by Crippen LogP contribution is 2.29. The number of anilines is 1. The minimum atomic E-state index is -0.318. The molecule has 1 aliphatic heterocycles. The van der Waals surface area contributed by atoms with Gasteiger partial charge in [0, 0.05) is 44.7 Å². The van der Waals surface area contributed by atoms with Crippen LogP contribution in [0.4, 0.5) is 10.1 Å². The van der Waals surface area contributed by atoms with Gasteiger partial charge in [-0.3, -0.25) is 4.79 Å². The number of nitrogens with zero attached hydrogens (tertiary/aromatic N) is 2. The van der Waals surface area contributed by atoms with E-state index in [1.807, 2.05) is 11.8 Å². The second-order valence-corrected chi connectivity index (χ2v) is 5.37. The Morgan fingerprint density at radius 3 is 2.62 bits per heavy atom. The molecule has 1 heterocycles. The minimum Gasteiger partial charge on any atom is -0.494 e. The Bertz CT molecular complexity index is 500. The third-order valence-electron chi connectivity index (χ3n) is 3.61. The van der Waals surface area contributed by atoms with Gasteiger partial charge in [-0.15, -0.1) is 0 Å². The fourth-order valence-electron chi connectivity index (χ4n) is 2.51. The summed E-state index contributed by atoms with van der Waals surface area (Å²) in [5.41, 5.74) is 6.52. The van der Waals surface area contributed by atoms with E-state index >= 15 is 0 Å². The van der Waals surface area contributed by atoms with Crippen molar-refractivity contribution in [1.29, 1.82) is 0 Å². The maximum atomic E-state index is 13.2. The molecule has 1 atom stereocenters. The molecule has 2 N–H and O–H groups in total. The first-order valence-corrected chi connectivity index (χ1v) is 7.13. The highest BCUT2D eigenvalue weighted by Gasteiger charge is 2.23. The zero-order valence-corrected chi connectivity index (χ0v) is 12.5. The average Bonchev–Trinajstić information content (AvgIpc) is 2.46. The number of carbonyl (C=O) groups excluding carboxylic acids is 1. The van der Waals surface area contributed by atoms with Crippen LogP contribution in [0.2, 0.25) is 0 Å². The number of nitrogens with two attached hydrogens (primary N) is 1. The lowest BCUT2D eigenvalue weighted by Crippen LogP contribution is -2.49. The van der Waals surface area contributed by atoms with Crippen LogP contribution >= 0.6 is 0 Å². The van der Waals surface area contributed by atoms with E-state index in [1.54, 1.807) is 6.07 Å². The Hall–Kier alpha value is -1.82. The number of hydrogen-bond acceptors (Lipinski definition) is 4. The monoisotopic (exact) mass is 295 g/mol. The van der Waals surface area contributed by atoms with Crippen molar-refractivity contribution in [3.63, 3.8) is 0 Å². The van der Waals surface area contributed by atoms with Crippen molar-refractivity contribution in [3.05, 3.63) is 24.0 Å². The van der Waals surface area contributed by atoms with Gasteiger partial charge in [-0.25, -0.2) is 4.39 Å². The van der Waals surface area contributed by atoms with Crippen LogP contribution in [-0.4, -0.2) is 50.1 Å². The molecule has 2 rings (SSSR count). The third kappa shape index (κ3) is 3.85. The lowest BCUT2D eigenvalue weighted by molar-refractivity contribution is -0.131. The van der Waals surface area contributed by atoms with Gasteiger partial charge in [0.05, 0.1) is 12.8 Å². The summed E-state index contributed by atoms with van der Waals surface area (Å²) in [6.07, 6.45) is 0.375. The molecule has 1 amide bonds. The lowest BCUT2D eigenvalue weighted by Gasteiger charge is -2.36. The van der Waals surface area contributed by atoms with Gasteiger partial charge in [0.25, 0.3) is 0 Å². The third-order valence-corrected chi connectivity index (χ3v) is 3.61. The van der Waals surface area contributed by atoms with Crippen molar-refractivity contribution in [2.24, 2.45) is 5.73 Å². The van der Waals surface area contributed by atoms with Crippen LogP contribution in [0, 0.1) is 5.82 Å². The van der Waals surface area contributed by atoms with Crippen LogP contribution in [0.1, 0.15) is 13.3 Å². The number of methoxy groups -OCH3 is 1. The fraction of sp³-hybridized carbons (Fsp3) is 0.533. The van der Waals surface area contributed by atoms with Gasteiger partial charge < -0.3 is 20.3 Å². The number of hydrogen-bond donors (Lipinski definition) is 1. The predicted molar refractivity (Wildman–Crippen MR) is 80.0 cm³/mol. The van der Waals surface area contributed by atoms with Crippen molar-refractivity contribution in [2.45, 2.75) is 19.4 Å². The Morgan fingerprint density at radius 1 is 1.38 bits per heavy atom. The second kappa shape index (κ2) is 6.76. The minimum absolute atomic E-state index is 0.0933. The molecular weight excluding hydrogens is 273 g/mol. The van der Waals surface area contributed by atoms with Crippen LogP contribution in [0.3, 0.4) is 0 Å². The summed E-state index contributed by atoms with van der Waals surface area (Å²) in [6, 6.07) is 4.40. The van der Waals surface area contributed by atoms with Gasteiger partial charge in [-0.1, -0.05) is 0 Å². The average molecular weight is 295 g/mol. The Kier molecular flexibility index (Phi) is 5.01. The summed E-state index contributed by atoms with van der Waals surface area (Å²) >= 11 is 0. The van der Waals surface area contributed by atoms with Crippen molar-refractivity contribution in [1.82, 2.24) is 4.90 Å². The van der Waals surface area contributed by atoms with E-state index in [0.29, 0.717) is 38.3 Å². The smallest absolute Gasteiger partial charge is 0.224 e. The van der Waals surface area contributed by atoms with E-state index in [1.165, 1.54) is 19.2 Å². The van der Waals surface area contributed by atoms with Gasteiger partial charge in [-0.2, -0.15) is 0 Å². The zero-order chi connectivity index (χ0) is 15.4. The Labute approximate surface area is 124 Å². The van der Waals surface area contributed by atoms with E-state index in [2.05, 4.69) is 4.90 Å². The summed E-state index contributed by atoms with van der Waals surface area (Å²) in [7, 11) is 1.53. The highest BCUT2D eigenvalue weighted by atomic mass is 19.1. The maximum absolute atomic E-state index is 13.2. The molecule has 0 bridgehead atoms. The normalized spacial score (nSPS) is 16.8. The molecule has 1 aromatic rings. The first kappa shape index (κ1) is 15.6. The van der Waals surface area contributed by atoms with E-state index in [9.17, 15) is 9.18 Å². The molecule has 1 unspecified atom stereocenters. The lowest BCUT2D eigenvalue weighted by atomic mass is 10.2. The summed E-state index contributed by atoms with van der Waals surface area (Å²) < 4.78 is 18.5. The number of carbonyl (C=O) groups is 1. The molecule has 116 valence electrons. The molecule has 1 aromatic carbocycles. The molecule has 5 nitrogen and oxygen atoms in total. The van der Waals surface area contributed by atoms with Gasteiger partial charge in [0.1, 0.15) is 11.6 Å². The first-order valence-electron chi connectivity index (χ1n) is 7.13. The van der Waals surface area contributed by atoms with E-state index in [4.69, 9.17) is 10.5 Å². The molecule has 0 aromatic heterocycles. The molecule has 1 saturated heterocycles. The molecule has 0 radical (unpaired) electrons.